The van der Waals surface area contributed by atoms with Crippen LogP contribution in [0.5, 0.6) is 0 Å². The molecular weight excluding hydrogens is 338 g/mol. The summed E-state index contributed by atoms with van der Waals surface area (Å²) in [6.07, 6.45) is -0.918. The van der Waals surface area contributed by atoms with Gasteiger partial charge in [-0.1, -0.05) is 91.0 Å². The Kier molecular flexibility index (Phi) is 6.61. The quantitative estimate of drug-likeness (QED) is 0.531. The third-order valence-corrected chi connectivity index (χ3v) is 4.08. The molecule has 4 heteroatoms. The number of hydrogen-bond acceptors (Lipinski definition) is 3. The number of benzene rings is 3. The van der Waals surface area contributed by atoms with Crippen LogP contribution in [0.3, 0.4) is 0 Å². The van der Waals surface area contributed by atoms with Gasteiger partial charge in [-0.15, -0.1) is 0 Å². The predicted octanol–water partition coefficient (Wildman–Crippen LogP) is 5.37. The van der Waals surface area contributed by atoms with E-state index in [0.717, 1.165) is 16.7 Å². The number of carbonyl (C=O) groups excluding carboxylic acids is 1. The van der Waals surface area contributed by atoms with E-state index in [9.17, 15) is 4.79 Å². The Morgan fingerprint density at radius 3 is 1.78 bits per heavy atom. The number of nitrogens with zero attached hydrogens (tertiary/aromatic N) is 1. The van der Waals surface area contributed by atoms with E-state index in [1.807, 2.05) is 91.0 Å². The Bertz CT molecular complexity index is 783. The first-order chi connectivity index (χ1) is 13.3. The third kappa shape index (κ3) is 5.19. The standard InChI is InChI=1S/C23H23NO3/c1-2-26-23(25)24(18-19-12-6-3-7-13-19)27-22(20-14-8-4-9-15-20)21-16-10-5-11-17-21/h3-17,22H,2,18H2,1H3. The molecular formula is C23H23NO3. The van der Waals surface area contributed by atoms with E-state index in [-0.39, 0.29) is 6.61 Å². The van der Waals surface area contributed by atoms with Crippen LogP contribution >= 0.6 is 0 Å². The third-order valence-electron chi connectivity index (χ3n) is 4.08. The molecule has 0 radical (unpaired) electrons. The first kappa shape index (κ1) is 18.7. The topological polar surface area (TPSA) is 38.8 Å². The number of carbonyl (C=O) groups is 1. The monoisotopic (exact) mass is 361 g/mol. The van der Waals surface area contributed by atoms with Gasteiger partial charge in [-0.2, -0.15) is 5.06 Å². The van der Waals surface area contributed by atoms with Gasteiger partial charge in [0.2, 0.25) is 0 Å². The fraction of sp³-hybridized carbons (Fsp3) is 0.174. The van der Waals surface area contributed by atoms with Gasteiger partial charge in [0.1, 0.15) is 6.10 Å². The molecule has 1 amide bonds. The van der Waals surface area contributed by atoms with Crippen LogP contribution < -0.4 is 0 Å². The maximum absolute atomic E-state index is 12.5. The number of hydroxylamine groups is 2. The molecule has 3 aromatic rings. The molecule has 138 valence electrons. The van der Waals surface area contributed by atoms with Crippen molar-refractivity contribution >= 4 is 6.09 Å². The Morgan fingerprint density at radius 1 is 0.815 bits per heavy atom. The van der Waals surface area contributed by atoms with Crippen LogP contribution in [0.15, 0.2) is 91.0 Å². The molecule has 0 atom stereocenters. The molecule has 0 heterocycles. The van der Waals surface area contributed by atoms with Crippen LogP contribution in [0.25, 0.3) is 0 Å². The number of amides is 1. The van der Waals surface area contributed by atoms with Gasteiger partial charge < -0.3 is 4.74 Å². The van der Waals surface area contributed by atoms with Gasteiger partial charge in [-0.25, -0.2) is 4.79 Å². The summed E-state index contributed by atoms with van der Waals surface area (Å²) >= 11 is 0. The van der Waals surface area contributed by atoms with Crippen molar-refractivity contribution in [3.05, 3.63) is 108 Å². The van der Waals surface area contributed by atoms with E-state index < -0.39 is 12.2 Å². The summed E-state index contributed by atoms with van der Waals surface area (Å²) in [6.45, 7) is 2.37. The van der Waals surface area contributed by atoms with E-state index in [1.54, 1.807) is 6.92 Å². The number of ether oxygens (including phenoxy) is 1. The highest BCUT2D eigenvalue weighted by Gasteiger charge is 2.24. The second-order valence-electron chi connectivity index (χ2n) is 6.03. The van der Waals surface area contributed by atoms with Gasteiger partial charge in [-0.3, -0.25) is 4.84 Å². The average molecular weight is 361 g/mol. The van der Waals surface area contributed by atoms with Crippen LogP contribution in [0.2, 0.25) is 0 Å². The van der Waals surface area contributed by atoms with E-state index in [4.69, 9.17) is 9.57 Å². The normalized spacial score (nSPS) is 10.6. The molecule has 3 aromatic carbocycles. The number of rotatable bonds is 7. The lowest BCUT2D eigenvalue weighted by molar-refractivity contribution is -0.171. The smallest absolute Gasteiger partial charge is 0.434 e. The minimum absolute atomic E-state index is 0.287. The van der Waals surface area contributed by atoms with Crippen molar-refractivity contribution in [1.82, 2.24) is 5.06 Å². The van der Waals surface area contributed by atoms with E-state index in [2.05, 4.69) is 0 Å². The highest BCUT2D eigenvalue weighted by atomic mass is 16.7. The second kappa shape index (κ2) is 9.55. The van der Waals surface area contributed by atoms with Crippen LogP contribution in [0, 0.1) is 0 Å². The van der Waals surface area contributed by atoms with Crippen molar-refractivity contribution in [3.8, 4) is 0 Å². The van der Waals surface area contributed by atoms with Gasteiger partial charge in [0.15, 0.2) is 0 Å². The summed E-state index contributed by atoms with van der Waals surface area (Å²) in [5.74, 6) is 0. The Morgan fingerprint density at radius 2 is 1.30 bits per heavy atom. The summed E-state index contributed by atoms with van der Waals surface area (Å²) in [4.78, 5) is 18.7. The Balaban J connectivity index is 1.90. The highest BCUT2D eigenvalue weighted by Crippen LogP contribution is 2.28. The van der Waals surface area contributed by atoms with Gasteiger partial charge in [-0.05, 0) is 23.6 Å². The molecule has 0 fully saturated rings. The van der Waals surface area contributed by atoms with Crippen molar-refractivity contribution in [3.63, 3.8) is 0 Å². The summed E-state index contributed by atoms with van der Waals surface area (Å²) < 4.78 is 5.21. The molecule has 0 spiro atoms. The molecule has 4 nitrogen and oxygen atoms in total. The average Bonchev–Trinajstić information content (AvgIpc) is 2.73. The minimum Gasteiger partial charge on any atom is -0.448 e. The van der Waals surface area contributed by atoms with Crippen molar-refractivity contribution in [2.45, 2.75) is 19.6 Å². The predicted molar refractivity (Wildman–Crippen MR) is 105 cm³/mol. The zero-order chi connectivity index (χ0) is 18.9. The lowest BCUT2D eigenvalue weighted by Crippen LogP contribution is -2.33. The van der Waals surface area contributed by atoms with E-state index >= 15 is 0 Å². The summed E-state index contributed by atoms with van der Waals surface area (Å²) in [5.41, 5.74) is 2.89. The van der Waals surface area contributed by atoms with Crippen LogP contribution in [-0.2, 0) is 16.1 Å². The second-order valence-corrected chi connectivity index (χ2v) is 6.03. The van der Waals surface area contributed by atoms with Crippen LogP contribution in [0.4, 0.5) is 4.79 Å². The maximum atomic E-state index is 12.5. The van der Waals surface area contributed by atoms with Crippen molar-refractivity contribution in [2.24, 2.45) is 0 Å². The van der Waals surface area contributed by atoms with Crippen molar-refractivity contribution in [2.75, 3.05) is 6.61 Å². The first-order valence-electron chi connectivity index (χ1n) is 9.03. The largest absolute Gasteiger partial charge is 0.448 e. The molecule has 0 aliphatic carbocycles. The van der Waals surface area contributed by atoms with Crippen molar-refractivity contribution < 1.29 is 14.4 Å². The zero-order valence-corrected chi connectivity index (χ0v) is 15.3. The van der Waals surface area contributed by atoms with Crippen molar-refractivity contribution in [1.29, 1.82) is 0 Å². The molecule has 0 aliphatic rings. The lowest BCUT2D eigenvalue weighted by Gasteiger charge is -2.27. The molecule has 0 bridgehead atoms. The minimum atomic E-state index is -0.502. The fourth-order valence-corrected chi connectivity index (χ4v) is 2.79. The molecule has 3 rings (SSSR count). The molecule has 0 aromatic heterocycles. The zero-order valence-electron chi connectivity index (χ0n) is 15.3. The van der Waals surface area contributed by atoms with Gasteiger partial charge in [0.25, 0.3) is 0 Å². The van der Waals surface area contributed by atoms with Crippen LogP contribution in [0.1, 0.15) is 29.7 Å². The highest BCUT2D eigenvalue weighted by molar-refractivity contribution is 5.66. The Hall–Kier alpha value is -3.11. The van der Waals surface area contributed by atoms with Gasteiger partial charge >= 0.3 is 6.09 Å². The molecule has 0 saturated carbocycles. The maximum Gasteiger partial charge on any atom is 0.434 e. The SMILES string of the molecule is CCOC(=O)N(Cc1ccccc1)OC(c1ccccc1)c1ccccc1. The molecule has 0 aliphatic heterocycles. The van der Waals surface area contributed by atoms with Gasteiger partial charge in [0, 0.05) is 0 Å². The first-order valence-corrected chi connectivity index (χ1v) is 9.03. The van der Waals surface area contributed by atoms with E-state index in [0.29, 0.717) is 6.54 Å². The molecule has 27 heavy (non-hydrogen) atoms. The molecule has 0 unspecified atom stereocenters. The summed E-state index contributed by atoms with van der Waals surface area (Å²) in [5, 5.41) is 1.30. The molecule has 0 N–H and O–H groups in total. The summed E-state index contributed by atoms with van der Waals surface area (Å²) in [6, 6.07) is 29.4. The number of hydrogen-bond donors (Lipinski definition) is 0. The Labute approximate surface area is 159 Å². The lowest BCUT2D eigenvalue weighted by atomic mass is 10.0. The fourth-order valence-electron chi connectivity index (χ4n) is 2.79. The summed E-state index contributed by atoms with van der Waals surface area (Å²) in [7, 11) is 0. The van der Waals surface area contributed by atoms with Crippen LogP contribution in [-0.4, -0.2) is 17.8 Å². The van der Waals surface area contributed by atoms with Gasteiger partial charge in [0.05, 0.1) is 13.2 Å². The molecule has 0 saturated heterocycles. The van der Waals surface area contributed by atoms with E-state index in [1.165, 1.54) is 5.06 Å².